The topological polar surface area (TPSA) is 32.3 Å². The Balaban J connectivity index is 2.82. The van der Waals surface area contributed by atoms with Gasteiger partial charge in [0.25, 0.3) is 0 Å². The minimum atomic E-state index is -4.32. The highest BCUT2D eigenvalue weighted by Gasteiger charge is 2.32. The van der Waals surface area contributed by atoms with E-state index in [1.54, 1.807) is 6.07 Å². The zero-order valence-corrected chi connectivity index (χ0v) is 8.93. The van der Waals surface area contributed by atoms with Crippen LogP contribution in [0.1, 0.15) is 17.5 Å². The normalized spacial score (nSPS) is 11.6. The largest absolute Gasteiger partial charge is 0.416 e. The predicted octanol–water partition coefficient (Wildman–Crippen LogP) is 2.81. The van der Waals surface area contributed by atoms with Crippen LogP contribution >= 0.6 is 0 Å². The Kier molecular flexibility index (Phi) is 4.18. The number of anilines is 1. The molecule has 0 bridgehead atoms. The van der Waals surface area contributed by atoms with E-state index >= 15 is 0 Å². The van der Waals surface area contributed by atoms with Crippen molar-refractivity contribution in [3.63, 3.8) is 0 Å². The number of hydrogen-bond donors (Lipinski definition) is 2. The van der Waals surface area contributed by atoms with Gasteiger partial charge in [0, 0.05) is 18.8 Å². The van der Waals surface area contributed by atoms with Crippen molar-refractivity contribution in [3.05, 3.63) is 29.3 Å². The number of aliphatic hydroxyl groups excluding tert-OH is 1. The van der Waals surface area contributed by atoms with Gasteiger partial charge in [-0.15, -0.1) is 0 Å². The van der Waals surface area contributed by atoms with Gasteiger partial charge >= 0.3 is 6.18 Å². The maximum absolute atomic E-state index is 12.5. The molecule has 0 unspecified atom stereocenters. The lowest BCUT2D eigenvalue weighted by molar-refractivity contribution is -0.138. The van der Waals surface area contributed by atoms with Crippen LogP contribution < -0.4 is 5.32 Å². The molecule has 0 atom stereocenters. The minimum Gasteiger partial charge on any atom is -0.396 e. The molecular weight excluding hydrogens is 219 g/mol. The van der Waals surface area contributed by atoms with E-state index in [1.807, 2.05) is 0 Å². The van der Waals surface area contributed by atoms with E-state index in [9.17, 15) is 13.2 Å². The van der Waals surface area contributed by atoms with Crippen LogP contribution in [0.4, 0.5) is 18.9 Å². The molecular formula is C11H14F3NO. The van der Waals surface area contributed by atoms with Crippen molar-refractivity contribution in [2.75, 3.05) is 18.5 Å². The molecule has 0 aromatic heterocycles. The molecule has 0 heterocycles. The first-order valence-electron chi connectivity index (χ1n) is 4.97. The Morgan fingerprint density at radius 2 is 2.00 bits per heavy atom. The summed E-state index contributed by atoms with van der Waals surface area (Å²) < 4.78 is 37.6. The van der Waals surface area contributed by atoms with Crippen molar-refractivity contribution < 1.29 is 18.3 Å². The van der Waals surface area contributed by atoms with E-state index in [0.717, 1.165) is 6.07 Å². The van der Waals surface area contributed by atoms with Gasteiger partial charge in [0.1, 0.15) is 0 Å². The van der Waals surface area contributed by atoms with E-state index < -0.39 is 11.7 Å². The van der Waals surface area contributed by atoms with Crippen molar-refractivity contribution in [3.8, 4) is 0 Å². The highest BCUT2D eigenvalue weighted by Crippen LogP contribution is 2.33. The summed E-state index contributed by atoms with van der Waals surface area (Å²) in [4.78, 5) is 0. The second kappa shape index (κ2) is 5.21. The van der Waals surface area contributed by atoms with Gasteiger partial charge in [-0.1, -0.05) is 6.07 Å². The van der Waals surface area contributed by atoms with Crippen molar-refractivity contribution in [2.24, 2.45) is 0 Å². The molecule has 0 fully saturated rings. The van der Waals surface area contributed by atoms with Crippen molar-refractivity contribution in [2.45, 2.75) is 19.5 Å². The highest BCUT2D eigenvalue weighted by atomic mass is 19.4. The molecule has 0 aliphatic rings. The van der Waals surface area contributed by atoms with E-state index in [0.29, 0.717) is 18.7 Å². The molecule has 0 aliphatic heterocycles. The fourth-order valence-corrected chi connectivity index (χ4v) is 1.35. The fourth-order valence-electron chi connectivity index (χ4n) is 1.35. The SMILES string of the molecule is Cc1ccc(NCCCO)cc1C(F)(F)F. The summed E-state index contributed by atoms with van der Waals surface area (Å²) in [6.45, 7) is 1.90. The molecule has 0 amide bonds. The van der Waals surface area contributed by atoms with Gasteiger partial charge in [0.2, 0.25) is 0 Å². The second-order valence-corrected chi connectivity index (χ2v) is 3.53. The van der Waals surface area contributed by atoms with E-state index in [1.165, 1.54) is 13.0 Å². The van der Waals surface area contributed by atoms with Crippen molar-refractivity contribution in [1.29, 1.82) is 0 Å². The monoisotopic (exact) mass is 233 g/mol. The second-order valence-electron chi connectivity index (χ2n) is 3.53. The van der Waals surface area contributed by atoms with Gasteiger partial charge in [-0.2, -0.15) is 13.2 Å². The van der Waals surface area contributed by atoms with Crippen LogP contribution in [0.15, 0.2) is 18.2 Å². The molecule has 2 nitrogen and oxygen atoms in total. The number of nitrogens with one attached hydrogen (secondary N) is 1. The van der Waals surface area contributed by atoms with Gasteiger partial charge in [-0.3, -0.25) is 0 Å². The summed E-state index contributed by atoms with van der Waals surface area (Å²) in [6.07, 6.45) is -3.81. The number of benzene rings is 1. The van der Waals surface area contributed by atoms with E-state index in [4.69, 9.17) is 5.11 Å². The standard InChI is InChI=1S/C11H14F3NO/c1-8-3-4-9(15-5-2-6-16)7-10(8)11(12,13)14/h3-4,7,15-16H,2,5-6H2,1H3. The maximum Gasteiger partial charge on any atom is 0.416 e. The number of rotatable bonds is 4. The van der Waals surface area contributed by atoms with E-state index in [-0.39, 0.29) is 12.2 Å². The highest BCUT2D eigenvalue weighted by molar-refractivity contribution is 5.49. The Morgan fingerprint density at radius 1 is 1.31 bits per heavy atom. The van der Waals surface area contributed by atoms with Crippen LogP contribution in [0.3, 0.4) is 0 Å². The van der Waals surface area contributed by atoms with Crippen LogP contribution in [-0.2, 0) is 6.18 Å². The van der Waals surface area contributed by atoms with E-state index in [2.05, 4.69) is 5.32 Å². The summed E-state index contributed by atoms with van der Waals surface area (Å²) in [5.74, 6) is 0. The third kappa shape index (κ3) is 3.41. The zero-order valence-electron chi connectivity index (χ0n) is 8.93. The average Bonchev–Trinajstić information content (AvgIpc) is 2.19. The third-order valence-corrected chi connectivity index (χ3v) is 2.21. The molecule has 0 saturated carbocycles. The summed E-state index contributed by atoms with van der Waals surface area (Å²) in [5.41, 5.74) is 0.00748. The minimum absolute atomic E-state index is 0.0188. The Labute approximate surface area is 92.1 Å². The van der Waals surface area contributed by atoms with Crippen molar-refractivity contribution in [1.82, 2.24) is 0 Å². The first-order chi connectivity index (χ1) is 7.45. The molecule has 1 aromatic carbocycles. The number of aryl methyl sites for hydroxylation is 1. The van der Waals surface area contributed by atoms with Gasteiger partial charge in [-0.05, 0) is 31.0 Å². The lowest BCUT2D eigenvalue weighted by Crippen LogP contribution is -2.09. The van der Waals surface area contributed by atoms with Crippen LogP contribution in [0.2, 0.25) is 0 Å². The van der Waals surface area contributed by atoms with Crippen LogP contribution in [0, 0.1) is 6.92 Å². The number of aliphatic hydroxyl groups is 1. The van der Waals surface area contributed by atoms with Crippen LogP contribution in [0.25, 0.3) is 0 Å². The number of halogens is 3. The van der Waals surface area contributed by atoms with Crippen LogP contribution in [0.5, 0.6) is 0 Å². The summed E-state index contributed by atoms with van der Waals surface area (Å²) in [5, 5.41) is 11.4. The summed E-state index contributed by atoms with van der Waals surface area (Å²) in [7, 11) is 0. The Hall–Kier alpha value is -1.23. The van der Waals surface area contributed by atoms with Gasteiger partial charge in [-0.25, -0.2) is 0 Å². The molecule has 16 heavy (non-hydrogen) atoms. The first-order valence-corrected chi connectivity index (χ1v) is 4.97. The molecule has 0 radical (unpaired) electrons. The lowest BCUT2D eigenvalue weighted by atomic mass is 10.1. The molecule has 0 saturated heterocycles. The molecule has 1 aromatic rings. The number of alkyl halides is 3. The average molecular weight is 233 g/mol. The quantitative estimate of drug-likeness (QED) is 0.784. The third-order valence-electron chi connectivity index (χ3n) is 2.21. The molecule has 0 aliphatic carbocycles. The Bertz CT molecular complexity index is 350. The van der Waals surface area contributed by atoms with Crippen molar-refractivity contribution >= 4 is 5.69 Å². The molecule has 2 N–H and O–H groups in total. The molecule has 90 valence electrons. The zero-order chi connectivity index (χ0) is 12.2. The Morgan fingerprint density at radius 3 is 2.56 bits per heavy atom. The summed E-state index contributed by atoms with van der Waals surface area (Å²) in [6, 6.07) is 4.12. The smallest absolute Gasteiger partial charge is 0.396 e. The lowest BCUT2D eigenvalue weighted by Gasteiger charge is -2.13. The molecule has 1 rings (SSSR count). The van der Waals surface area contributed by atoms with Crippen LogP contribution in [-0.4, -0.2) is 18.3 Å². The van der Waals surface area contributed by atoms with Gasteiger partial charge < -0.3 is 10.4 Å². The predicted molar refractivity (Wildman–Crippen MR) is 56.4 cm³/mol. The maximum atomic E-state index is 12.5. The number of hydrogen-bond acceptors (Lipinski definition) is 2. The van der Waals surface area contributed by atoms with Gasteiger partial charge in [0.15, 0.2) is 0 Å². The summed E-state index contributed by atoms with van der Waals surface area (Å²) >= 11 is 0. The first kappa shape index (κ1) is 12.8. The fraction of sp³-hybridized carbons (Fsp3) is 0.455. The molecule has 5 heteroatoms. The van der Waals surface area contributed by atoms with Gasteiger partial charge in [0.05, 0.1) is 5.56 Å². The molecule has 0 spiro atoms.